The summed E-state index contributed by atoms with van der Waals surface area (Å²) in [6, 6.07) is 0.200. The fourth-order valence-corrected chi connectivity index (χ4v) is 2.64. The molecule has 0 radical (unpaired) electrons. The first-order chi connectivity index (χ1) is 8.92. The highest BCUT2D eigenvalue weighted by Gasteiger charge is 2.46. The molecule has 2 unspecified atom stereocenters. The molecule has 0 aromatic carbocycles. The maximum Gasteiger partial charge on any atom is 0.315 e. The van der Waals surface area contributed by atoms with E-state index in [2.05, 4.69) is 31.4 Å². The van der Waals surface area contributed by atoms with Crippen LogP contribution in [-0.2, 0) is 4.79 Å². The first-order valence-electron chi connectivity index (χ1n) is 7.24. The third-order valence-electron chi connectivity index (χ3n) is 4.16. The summed E-state index contributed by atoms with van der Waals surface area (Å²) in [6.07, 6.45) is 2.60. The van der Waals surface area contributed by atoms with Gasteiger partial charge in [0.1, 0.15) is 0 Å². The lowest BCUT2D eigenvalue weighted by Gasteiger charge is -2.16. The van der Waals surface area contributed by atoms with Crippen LogP contribution in [0.1, 0.15) is 40.0 Å². The van der Waals surface area contributed by atoms with Crippen LogP contribution in [0.25, 0.3) is 0 Å². The number of nitrogens with one attached hydrogen (secondary N) is 2. The zero-order valence-electron chi connectivity index (χ0n) is 12.2. The van der Waals surface area contributed by atoms with Gasteiger partial charge in [-0.25, -0.2) is 4.79 Å². The van der Waals surface area contributed by atoms with Crippen molar-refractivity contribution in [3.63, 3.8) is 0 Å². The predicted octanol–water partition coefficient (Wildman–Crippen LogP) is 1.34. The molecule has 2 atom stereocenters. The van der Waals surface area contributed by atoms with Gasteiger partial charge >= 0.3 is 6.03 Å². The molecule has 2 fully saturated rings. The third kappa shape index (κ3) is 3.61. The van der Waals surface area contributed by atoms with Crippen LogP contribution < -0.4 is 10.6 Å². The lowest BCUT2D eigenvalue weighted by molar-refractivity contribution is -0.127. The number of carbonyl (C=O) groups excluding carboxylic acids is 2. The molecule has 1 heterocycles. The highest BCUT2D eigenvalue weighted by Crippen LogP contribution is 2.44. The topological polar surface area (TPSA) is 61.4 Å². The summed E-state index contributed by atoms with van der Waals surface area (Å²) < 4.78 is 0. The molecule has 2 rings (SSSR count). The average molecular weight is 267 g/mol. The van der Waals surface area contributed by atoms with Gasteiger partial charge in [-0.3, -0.25) is 4.79 Å². The van der Waals surface area contributed by atoms with E-state index in [0.29, 0.717) is 19.0 Å². The molecule has 1 aliphatic carbocycles. The number of likely N-dealkylation sites (tertiary alicyclic amines) is 1. The number of nitrogens with zero attached hydrogens (tertiary/aromatic N) is 1. The molecule has 5 heteroatoms. The number of urea groups is 1. The minimum atomic E-state index is -0.100. The number of carbonyl (C=O) groups is 2. The molecule has 0 aromatic heterocycles. The second-order valence-electron chi connectivity index (χ2n) is 6.51. The van der Waals surface area contributed by atoms with E-state index in [0.717, 1.165) is 25.9 Å². The molecule has 3 amide bonds. The Labute approximate surface area is 115 Å². The van der Waals surface area contributed by atoms with Gasteiger partial charge in [0, 0.05) is 38.0 Å². The summed E-state index contributed by atoms with van der Waals surface area (Å²) in [7, 11) is 0. The van der Waals surface area contributed by atoms with Crippen LogP contribution in [-0.4, -0.2) is 42.5 Å². The van der Waals surface area contributed by atoms with E-state index in [1.807, 2.05) is 4.90 Å². The van der Waals surface area contributed by atoms with Crippen LogP contribution in [0, 0.1) is 11.3 Å². The Kier molecular flexibility index (Phi) is 4.02. The van der Waals surface area contributed by atoms with Crippen LogP contribution >= 0.6 is 0 Å². The second kappa shape index (κ2) is 5.39. The molecule has 5 nitrogen and oxygen atoms in total. The van der Waals surface area contributed by atoms with Crippen LogP contribution in [0.4, 0.5) is 4.79 Å². The Bertz CT molecular complexity index is 368. The number of hydrogen-bond donors (Lipinski definition) is 2. The number of hydrogen-bond acceptors (Lipinski definition) is 2. The van der Waals surface area contributed by atoms with Crippen molar-refractivity contribution in [1.82, 2.24) is 15.5 Å². The molecule has 0 spiro atoms. The van der Waals surface area contributed by atoms with Gasteiger partial charge in [0.05, 0.1) is 0 Å². The van der Waals surface area contributed by atoms with E-state index < -0.39 is 0 Å². The first-order valence-corrected chi connectivity index (χ1v) is 7.24. The van der Waals surface area contributed by atoms with Crippen molar-refractivity contribution in [2.45, 2.75) is 46.1 Å². The predicted molar refractivity (Wildman–Crippen MR) is 73.7 cm³/mol. The first kappa shape index (κ1) is 14.2. The minimum Gasteiger partial charge on any atom is -0.342 e. The van der Waals surface area contributed by atoms with Gasteiger partial charge < -0.3 is 15.5 Å². The van der Waals surface area contributed by atoms with Crippen LogP contribution in [0.5, 0.6) is 0 Å². The van der Waals surface area contributed by atoms with Crippen LogP contribution in [0.15, 0.2) is 0 Å². The standard InChI is InChI=1S/C14H25N3O2/c1-4-5-17-9-10(6-12(17)18)8-15-13(19)16-11-7-14(11,2)3/h10-11H,4-9H2,1-3H3,(H2,15,16,19). The quantitative estimate of drug-likeness (QED) is 0.789. The summed E-state index contributed by atoms with van der Waals surface area (Å²) in [4.78, 5) is 25.3. The van der Waals surface area contributed by atoms with E-state index in [1.165, 1.54) is 0 Å². The Balaban J connectivity index is 1.66. The Morgan fingerprint density at radius 2 is 2.16 bits per heavy atom. The molecule has 0 aromatic rings. The van der Waals surface area contributed by atoms with Crippen molar-refractivity contribution in [3.05, 3.63) is 0 Å². The van der Waals surface area contributed by atoms with Gasteiger partial charge in [0.15, 0.2) is 0 Å². The highest BCUT2D eigenvalue weighted by atomic mass is 16.2. The van der Waals surface area contributed by atoms with Crippen molar-refractivity contribution < 1.29 is 9.59 Å². The maximum absolute atomic E-state index is 11.7. The zero-order chi connectivity index (χ0) is 14.0. The van der Waals surface area contributed by atoms with E-state index in [1.54, 1.807) is 0 Å². The van der Waals surface area contributed by atoms with Gasteiger partial charge in [-0.15, -0.1) is 0 Å². The van der Waals surface area contributed by atoms with Crippen molar-refractivity contribution in [1.29, 1.82) is 0 Å². The van der Waals surface area contributed by atoms with E-state index in [-0.39, 0.29) is 23.3 Å². The zero-order valence-corrected chi connectivity index (χ0v) is 12.2. The van der Waals surface area contributed by atoms with Crippen molar-refractivity contribution >= 4 is 11.9 Å². The lowest BCUT2D eigenvalue weighted by atomic mass is 10.1. The lowest BCUT2D eigenvalue weighted by Crippen LogP contribution is -2.40. The molecule has 2 aliphatic rings. The van der Waals surface area contributed by atoms with Gasteiger partial charge in [0.25, 0.3) is 0 Å². The molecule has 2 N–H and O–H groups in total. The molecular formula is C14H25N3O2. The highest BCUT2D eigenvalue weighted by molar-refractivity contribution is 5.79. The second-order valence-corrected chi connectivity index (χ2v) is 6.51. The summed E-state index contributed by atoms with van der Waals surface area (Å²) in [5.74, 6) is 0.481. The number of amides is 3. The van der Waals surface area contributed by atoms with Crippen LogP contribution in [0.2, 0.25) is 0 Å². The molecule has 0 bridgehead atoms. The molecular weight excluding hydrogens is 242 g/mol. The molecule has 1 aliphatic heterocycles. The Hall–Kier alpha value is -1.26. The third-order valence-corrected chi connectivity index (χ3v) is 4.16. The fourth-order valence-electron chi connectivity index (χ4n) is 2.64. The fraction of sp³-hybridized carbons (Fsp3) is 0.857. The van der Waals surface area contributed by atoms with Gasteiger partial charge in [0.2, 0.25) is 5.91 Å². The summed E-state index contributed by atoms with van der Waals surface area (Å²) >= 11 is 0. The maximum atomic E-state index is 11.7. The van der Waals surface area contributed by atoms with Gasteiger partial charge in [-0.1, -0.05) is 20.8 Å². The minimum absolute atomic E-state index is 0.100. The monoisotopic (exact) mass is 267 g/mol. The van der Waals surface area contributed by atoms with E-state index in [4.69, 9.17) is 0 Å². The molecule has 1 saturated heterocycles. The SMILES string of the molecule is CCCN1CC(CNC(=O)NC2CC2(C)C)CC1=O. The van der Waals surface area contributed by atoms with Crippen molar-refractivity contribution in [2.24, 2.45) is 11.3 Å². The smallest absolute Gasteiger partial charge is 0.315 e. The summed E-state index contributed by atoms with van der Waals surface area (Å²) in [6.45, 7) is 8.57. The van der Waals surface area contributed by atoms with Crippen molar-refractivity contribution in [2.75, 3.05) is 19.6 Å². The normalized spacial score (nSPS) is 28.4. The average Bonchev–Trinajstić information content (AvgIpc) is 2.76. The molecule has 1 saturated carbocycles. The Morgan fingerprint density at radius 3 is 2.74 bits per heavy atom. The largest absolute Gasteiger partial charge is 0.342 e. The van der Waals surface area contributed by atoms with Gasteiger partial charge in [-0.2, -0.15) is 0 Å². The molecule has 108 valence electrons. The molecule has 19 heavy (non-hydrogen) atoms. The van der Waals surface area contributed by atoms with Crippen molar-refractivity contribution in [3.8, 4) is 0 Å². The summed E-state index contributed by atoms with van der Waals surface area (Å²) in [5, 5.41) is 5.86. The Morgan fingerprint density at radius 1 is 1.47 bits per heavy atom. The van der Waals surface area contributed by atoms with E-state index >= 15 is 0 Å². The van der Waals surface area contributed by atoms with Crippen LogP contribution in [0.3, 0.4) is 0 Å². The van der Waals surface area contributed by atoms with E-state index in [9.17, 15) is 9.59 Å². The number of rotatable bonds is 5. The van der Waals surface area contributed by atoms with Gasteiger partial charge in [-0.05, 0) is 18.3 Å². The summed E-state index contributed by atoms with van der Waals surface area (Å²) in [5.41, 5.74) is 0.249.